The van der Waals surface area contributed by atoms with Crippen molar-refractivity contribution in [2.45, 2.75) is 32.6 Å². The van der Waals surface area contributed by atoms with E-state index < -0.39 is 5.76 Å². The van der Waals surface area contributed by atoms with E-state index in [9.17, 15) is 9.59 Å². The first-order valence-corrected chi connectivity index (χ1v) is 6.57. The molecule has 0 radical (unpaired) electrons. The maximum Gasteiger partial charge on any atom is 0.417 e. The molecule has 2 N–H and O–H groups in total. The zero-order chi connectivity index (χ0) is 13.7. The zero-order valence-corrected chi connectivity index (χ0v) is 11.0. The van der Waals surface area contributed by atoms with Gasteiger partial charge in [-0.2, -0.15) is 0 Å². The van der Waals surface area contributed by atoms with Crippen LogP contribution in [0.5, 0.6) is 0 Å². The van der Waals surface area contributed by atoms with Crippen LogP contribution in [-0.4, -0.2) is 17.4 Å². The lowest BCUT2D eigenvalue weighted by Gasteiger charge is -2.04. The van der Waals surface area contributed by atoms with Crippen molar-refractivity contribution >= 4 is 17.0 Å². The Bertz CT molecular complexity index is 612. The number of aromatic amines is 1. The largest absolute Gasteiger partial charge is 0.417 e. The number of carbonyl (C=O) groups is 1. The highest BCUT2D eigenvalue weighted by molar-refractivity contribution is 5.77. The maximum atomic E-state index is 11.6. The molecule has 1 aromatic heterocycles. The molecule has 5 heteroatoms. The molecule has 0 bridgehead atoms. The molecular formula is C14H18N2O3. The van der Waals surface area contributed by atoms with Gasteiger partial charge in [0.1, 0.15) is 0 Å². The summed E-state index contributed by atoms with van der Waals surface area (Å²) < 4.78 is 4.92. The summed E-state index contributed by atoms with van der Waals surface area (Å²) in [7, 11) is 0. The number of unbranched alkanes of at least 4 members (excludes halogenated alkanes) is 1. The minimum atomic E-state index is -0.454. The van der Waals surface area contributed by atoms with Crippen LogP contribution in [0.15, 0.2) is 27.4 Å². The molecule has 0 fully saturated rings. The summed E-state index contributed by atoms with van der Waals surface area (Å²) in [5.74, 6) is -0.390. The van der Waals surface area contributed by atoms with E-state index in [2.05, 4.69) is 17.2 Å². The number of aryl methyl sites for hydroxylation is 1. The third-order valence-corrected chi connectivity index (χ3v) is 2.98. The summed E-state index contributed by atoms with van der Waals surface area (Å²) in [6.07, 6.45) is 3.19. The summed E-state index contributed by atoms with van der Waals surface area (Å²) in [6, 6.07) is 5.47. The smallest absolute Gasteiger partial charge is 0.408 e. The molecule has 2 aromatic rings. The quantitative estimate of drug-likeness (QED) is 0.781. The fraction of sp³-hybridized carbons (Fsp3) is 0.429. The summed E-state index contributed by atoms with van der Waals surface area (Å²) in [6.45, 7) is 2.83. The number of oxazole rings is 1. The Balaban J connectivity index is 1.90. The third kappa shape index (κ3) is 3.71. The third-order valence-electron chi connectivity index (χ3n) is 2.98. The van der Waals surface area contributed by atoms with Gasteiger partial charge in [-0.05, 0) is 30.5 Å². The van der Waals surface area contributed by atoms with Gasteiger partial charge in [0.05, 0.1) is 5.52 Å². The monoisotopic (exact) mass is 262 g/mol. The molecule has 1 aromatic carbocycles. The van der Waals surface area contributed by atoms with Gasteiger partial charge < -0.3 is 9.73 Å². The molecule has 1 amide bonds. The van der Waals surface area contributed by atoms with Gasteiger partial charge in [-0.1, -0.05) is 19.4 Å². The van der Waals surface area contributed by atoms with Crippen LogP contribution in [0, 0.1) is 0 Å². The van der Waals surface area contributed by atoms with Gasteiger partial charge in [0.25, 0.3) is 0 Å². The van der Waals surface area contributed by atoms with Crippen LogP contribution in [-0.2, 0) is 11.2 Å². The van der Waals surface area contributed by atoms with Crippen LogP contribution < -0.4 is 11.1 Å². The van der Waals surface area contributed by atoms with E-state index in [1.54, 1.807) is 6.07 Å². The molecule has 0 saturated heterocycles. The molecule has 0 aliphatic rings. The number of H-pyrrole nitrogens is 1. The van der Waals surface area contributed by atoms with Gasteiger partial charge in [0.2, 0.25) is 5.91 Å². The van der Waals surface area contributed by atoms with Crippen molar-refractivity contribution in [3.8, 4) is 0 Å². The Morgan fingerprint density at radius 1 is 1.42 bits per heavy atom. The van der Waals surface area contributed by atoms with E-state index in [4.69, 9.17) is 4.42 Å². The number of aromatic nitrogens is 1. The zero-order valence-electron chi connectivity index (χ0n) is 11.0. The Hall–Kier alpha value is -2.04. The Morgan fingerprint density at radius 3 is 3.05 bits per heavy atom. The number of fused-ring (bicyclic) bond motifs is 1. The molecule has 0 spiro atoms. The summed E-state index contributed by atoms with van der Waals surface area (Å²) in [4.78, 5) is 25.2. The van der Waals surface area contributed by atoms with Crippen LogP contribution in [0.4, 0.5) is 0 Å². The first-order chi connectivity index (χ1) is 9.19. The second kappa shape index (κ2) is 6.22. The van der Waals surface area contributed by atoms with Crippen molar-refractivity contribution in [1.29, 1.82) is 0 Å². The van der Waals surface area contributed by atoms with E-state index in [0.29, 0.717) is 23.9 Å². The molecule has 1 heterocycles. The van der Waals surface area contributed by atoms with E-state index >= 15 is 0 Å². The highest BCUT2D eigenvalue weighted by atomic mass is 16.4. The van der Waals surface area contributed by atoms with Gasteiger partial charge in [-0.15, -0.1) is 0 Å². The normalized spacial score (nSPS) is 10.8. The molecule has 19 heavy (non-hydrogen) atoms. The summed E-state index contributed by atoms with van der Waals surface area (Å²) in [5.41, 5.74) is 2.23. The number of rotatable bonds is 6. The molecule has 0 saturated carbocycles. The van der Waals surface area contributed by atoms with Crippen molar-refractivity contribution in [1.82, 2.24) is 10.3 Å². The van der Waals surface area contributed by atoms with Crippen LogP contribution in [0.2, 0.25) is 0 Å². The van der Waals surface area contributed by atoms with Crippen molar-refractivity contribution in [3.05, 3.63) is 34.3 Å². The number of nitrogens with one attached hydrogen (secondary N) is 2. The molecule has 5 nitrogen and oxygen atoms in total. The second-order valence-electron chi connectivity index (χ2n) is 4.55. The van der Waals surface area contributed by atoms with E-state index in [1.165, 1.54) is 0 Å². The van der Waals surface area contributed by atoms with Crippen LogP contribution in [0.25, 0.3) is 11.1 Å². The molecule has 0 aliphatic carbocycles. The average molecular weight is 262 g/mol. The lowest BCUT2D eigenvalue weighted by molar-refractivity contribution is -0.121. The highest BCUT2D eigenvalue weighted by Crippen LogP contribution is 2.13. The second-order valence-corrected chi connectivity index (χ2v) is 4.55. The first kappa shape index (κ1) is 13.4. The average Bonchev–Trinajstić information content (AvgIpc) is 2.76. The number of hydrogen-bond acceptors (Lipinski definition) is 3. The van der Waals surface area contributed by atoms with Crippen molar-refractivity contribution in [3.63, 3.8) is 0 Å². The standard InChI is InChI=1S/C14H18N2O3/c1-2-3-8-15-13(17)7-5-10-4-6-12-11(9-10)16-14(18)19-12/h4,6,9H,2-3,5,7-8H2,1H3,(H,15,17)(H,16,18). The topological polar surface area (TPSA) is 75.1 Å². The van der Waals surface area contributed by atoms with Gasteiger partial charge in [0.15, 0.2) is 5.58 Å². The van der Waals surface area contributed by atoms with Gasteiger partial charge >= 0.3 is 5.76 Å². The van der Waals surface area contributed by atoms with Gasteiger partial charge in [-0.25, -0.2) is 4.79 Å². The number of amides is 1. The lowest BCUT2D eigenvalue weighted by atomic mass is 10.1. The van der Waals surface area contributed by atoms with Gasteiger partial charge in [-0.3, -0.25) is 9.78 Å². The molecule has 102 valence electrons. The van der Waals surface area contributed by atoms with E-state index in [-0.39, 0.29) is 5.91 Å². The molecule has 0 atom stereocenters. The molecule has 0 aliphatic heterocycles. The predicted octanol–water partition coefficient (Wildman–Crippen LogP) is 1.97. The molecule has 2 rings (SSSR count). The Labute approximate surface area is 111 Å². The van der Waals surface area contributed by atoms with Crippen molar-refractivity contribution in [2.75, 3.05) is 6.54 Å². The minimum Gasteiger partial charge on any atom is -0.408 e. The van der Waals surface area contributed by atoms with Crippen molar-refractivity contribution < 1.29 is 9.21 Å². The Morgan fingerprint density at radius 2 is 2.26 bits per heavy atom. The first-order valence-electron chi connectivity index (χ1n) is 6.57. The SMILES string of the molecule is CCCCNC(=O)CCc1ccc2oc(=O)[nH]c2c1. The predicted molar refractivity (Wildman–Crippen MR) is 73.1 cm³/mol. The molecular weight excluding hydrogens is 244 g/mol. The van der Waals surface area contributed by atoms with E-state index in [0.717, 1.165) is 24.9 Å². The summed E-state index contributed by atoms with van der Waals surface area (Å²) in [5, 5.41) is 2.88. The van der Waals surface area contributed by atoms with Gasteiger partial charge in [0, 0.05) is 13.0 Å². The maximum absolute atomic E-state index is 11.6. The molecule has 0 unspecified atom stereocenters. The Kier molecular flexibility index (Phi) is 4.39. The number of hydrogen-bond donors (Lipinski definition) is 2. The number of carbonyl (C=O) groups excluding carboxylic acids is 1. The van der Waals surface area contributed by atoms with Crippen LogP contribution >= 0.6 is 0 Å². The van der Waals surface area contributed by atoms with Crippen LogP contribution in [0.1, 0.15) is 31.7 Å². The van der Waals surface area contributed by atoms with Crippen LogP contribution in [0.3, 0.4) is 0 Å². The lowest BCUT2D eigenvalue weighted by Crippen LogP contribution is -2.24. The fourth-order valence-corrected chi connectivity index (χ4v) is 1.91. The van der Waals surface area contributed by atoms with Crippen molar-refractivity contribution in [2.24, 2.45) is 0 Å². The summed E-state index contributed by atoms with van der Waals surface area (Å²) >= 11 is 0. The van der Waals surface area contributed by atoms with E-state index in [1.807, 2.05) is 12.1 Å². The minimum absolute atomic E-state index is 0.0641. The number of benzene rings is 1. The highest BCUT2D eigenvalue weighted by Gasteiger charge is 2.05. The fourth-order valence-electron chi connectivity index (χ4n) is 1.91.